The first kappa shape index (κ1) is 23.5. The van der Waals surface area contributed by atoms with Gasteiger partial charge in [-0.3, -0.25) is 0 Å². The fourth-order valence-corrected chi connectivity index (χ4v) is 6.52. The molecular weight excluding hydrogens is 430 g/mol. The van der Waals surface area contributed by atoms with Gasteiger partial charge in [-0.2, -0.15) is 0 Å². The third-order valence-electron chi connectivity index (χ3n) is 4.59. The molecule has 1 fully saturated rings. The molecule has 1 unspecified atom stereocenters. The van der Waals surface area contributed by atoms with E-state index in [1.807, 2.05) is 81.4 Å². The van der Waals surface area contributed by atoms with Crippen LogP contribution in [0.25, 0.3) is 0 Å². The highest BCUT2D eigenvalue weighted by atomic mass is 32.2. The van der Waals surface area contributed by atoms with Gasteiger partial charge in [0.1, 0.15) is 12.2 Å². The van der Waals surface area contributed by atoms with Crippen molar-refractivity contribution in [2.24, 2.45) is 0 Å². The van der Waals surface area contributed by atoms with Crippen LogP contribution in [0.15, 0.2) is 60.7 Å². The number of thioether (sulfide) groups is 2. The topological polar surface area (TPSA) is 64.6 Å². The summed E-state index contributed by atoms with van der Waals surface area (Å²) < 4.78 is 10.3. The first-order valence-corrected chi connectivity index (χ1v) is 12.3. The summed E-state index contributed by atoms with van der Waals surface area (Å²) in [6.45, 7) is 5.64. The van der Waals surface area contributed by atoms with E-state index in [9.17, 15) is 9.59 Å². The number of esters is 1. The zero-order valence-electron chi connectivity index (χ0n) is 18.1. The Bertz CT molecular complexity index is 862. The van der Waals surface area contributed by atoms with Crippen molar-refractivity contribution >= 4 is 35.6 Å². The number of ether oxygens (including phenoxy) is 2. The zero-order valence-corrected chi connectivity index (χ0v) is 19.8. The minimum atomic E-state index is -0.995. The highest BCUT2D eigenvalue weighted by Crippen LogP contribution is 2.51. The number of nitrogens with one attached hydrogen (secondary N) is 1. The summed E-state index contributed by atoms with van der Waals surface area (Å²) in [4.78, 5) is 26.2. The van der Waals surface area contributed by atoms with Gasteiger partial charge in [-0.05, 0) is 49.8 Å². The molecular formula is C24H29NO4S2. The maximum Gasteiger partial charge on any atom is 0.408 e. The Balaban J connectivity index is 1.90. The first-order chi connectivity index (χ1) is 14.8. The van der Waals surface area contributed by atoms with Gasteiger partial charge in [-0.25, -0.2) is 9.59 Å². The second-order valence-electron chi connectivity index (χ2n) is 8.27. The van der Waals surface area contributed by atoms with Crippen molar-refractivity contribution in [3.05, 3.63) is 71.8 Å². The zero-order chi connectivity index (χ0) is 22.3. The monoisotopic (exact) mass is 459 g/mol. The van der Waals surface area contributed by atoms with Crippen LogP contribution in [0, 0.1) is 0 Å². The molecule has 2 aromatic rings. The first-order valence-electron chi connectivity index (χ1n) is 10.3. The Hall–Kier alpha value is -2.12. The van der Waals surface area contributed by atoms with Crippen LogP contribution in [0.4, 0.5) is 4.79 Å². The lowest BCUT2D eigenvalue weighted by Crippen LogP contribution is -2.50. The van der Waals surface area contributed by atoms with E-state index < -0.39 is 21.8 Å². The number of amides is 1. The van der Waals surface area contributed by atoms with Crippen LogP contribution in [0.3, 0.4) is 0 Å². The maximum atomic E-state index is 13.5. The molecule has 1 saturated heterocycles. The second kappa shape index (κ2) is 10.5. The summed E-state index contributed by atoms with van der Waals surface area (Å²) in [5, 5.41) is 2.98. The van der Waals surface area contributed by atoms with Gasteiger partial charge in [0, 0.05) is 0 Å². The van der Waals surface area contributed by atoms with Gasteiger partial charge in [0.2, 0.25) is 0 Å². The minimum absolute atomic E-state index is 0.191. The molecule has 5 nitrogen and oxygen atoms in total. The quantitative estimate of drug-likeness (QED) is 0.571. The Morgan fingerprint density at radius 3 is 2.16 bits per heavy atom. The van der Waals surface area contributed by atoms with Gasteiger partial charge in [-0.15, -0.1) is 23.5 Å². The molecule has 0 spiro atoms. The van der Waals surface area contributed by atoms with E-state index in [2.05, 4.69) is 5.32 Å². The molecule has 1 aliphatic heterocycles. The van der Waals surface area contributed by atoms with Crippen LogP contribution < -0.4 is 5.32 Å². The maximum absolute atomic E-state index is 13.5. The van der Waals surface area contributed by atoms with Gasteiger partial charge in [0.25, 0.3) is 0 Å². The molecule has 1 heterocycles. The van der Waals surface area contributed by atoms with E-state index in [-0.39, 0.29) is 12.6 Å². The molecule has 1 aliphatic rings. The van der Waals surface area contributed by atoms with Crippen LogP contribution in [0.1, 0.15) is 44.4 Å². The highest BCUT2D eigenvalue weighted by Gasteiger charge is 2.51. The van der Waals surface area contributed by atoms with Crippen LogP contribution in [0.5, 0.6) is 0 Å². The molecule has 0 bridgehead atoms. The van der Waals surface area contributed by atoms with E-state index in [4.69, 9.17) is 9.47 Å². The van der Waals surface area contributed by atoms with Crippen molar-refractivity contribution in [3.63, 3.8) is 0 Å². The molecule has 2 aromatic carbocycles. The molecule has 0 aromatic heterocycles. The van der Waals surface area contributed by atoms with E-state index in [0.29, 0.717) is 0 Å². The lowest BCUT2D eigenvalue weighted by atomic mass is 10.0. The summed E-state index contributed by atoms with van der Waals surface area (Å²) in [7, 11) is 0. The normalized spacial score (nSPS) is 16.7. The number of alkyl carbamates (subject to hydrolysis) is 1. The van der Waals surface area contributed by atoms with Crippen LogP contribution >= 0.6 is 23.5 Å². The van der Waals surface area contributed by atoms with Gasteiger partial charge in [0.15, 0.2) is 4.08 Å². The molecule has 31 heavy (non-hydrogen) atoms. The SMILES string of the molecule is CC(C)(C)OC(=O)NC(c1ccccc1)C1(C(=O)OCc2ccccc2)SCCCS1. The number of carbonyl (C=O) groups is 2. The van der Waals surface area contributed by atoms with Gasteiger partial charge in [-0.1, -0.05) is 60.7 Å². The number of benzene rings is 2. The Labute approximate surface area is 192 Å². The smallest absolute Gasteiger partial charge is 0.408 e. The van der Waals surface area contributed by atoms with Gasteiger partial charge < -0.3 is 14.8 Å². The van der Waals surface area contributed by atoms with Crippen LogP contribution in [-0.4, -0.2) is 33.2 Å². The summed E-state index contributed by atoms with van der Waals surface area (Å²) in [5.74, 6) is 1.29. The molecule has 0 aliphatic carbocycles. The molecule has 7 heteroatoms. The minimum Gasteiger partial charge on any atom is -0.459 e. The summed E-state index contributed by atoms with van der Waals surface area (Å²) in [6.07, 6.45) is 0.445. The molecule has 1 atom stereocenters. The molecule has 3 rings (SSSR count). The third kappa shape index (κ3) is 6.43. The van der Waals surface area contributed by atoms with Crippen LogP contribution in [0.2, 0.25) is 0 Å². The van der Waals surface area contributed by atoms with Gasteiger partial charge >= 0.3 is 12.1 Å². The Kier molecular flexibility index (Phi) is 7.94. The van der Waals surface area contributed by atoms with Gasteiger partial charge in [0.05, 0.1) is 6.04 Å². The molecule has 0 radical (unpaired) electrons. The summed E-state index contributed by atoms with van der Waals surface area (Å²) in [5.41, 5.74) is 1.12. The van der Waals surface area contributed by atoms with Crippen molar-refractivity contribution in [1.82, 2.24) is 5.32 Å². The van der Waals surface area contributed by atoms with E-state index in [1.54, 1.807) is 0 Å². The largest absolute Gasteiger partial charge is 0.459 e. The number of hydrogen-bond donors (Lipinski definition) is 1. The van der Waals surface area contributed by atoms with E-state index >= 15 is 0 Å². The molecule has 1 amide bonds. The van der Waals surface area contributed by atoms with E-state index in [0.717, 1.165) is 29.1 Å². The van der Waals surface area contributed by atoms with E-state index in [1.165, 1.54) is 23.5 Å². The Morgan fingerprint density at radius 2 is 1.58 bits per heavy atom. The molecule has 0 saturated carbocycles. The average molecular weight is 460 g/mol. The summed E-state index contributed by atoms with van der Waals surface area (Å²) in [6, 6.07) is 18.6. The fraction of sp³-hybridized carbons (Fsp3) is 0.417. The second-order valence-corrected chi connectivity index (χ2v) is 11.2. The molecule has 1 N–H and O–H groups in total. The number of carbonyl (C=O) groups excluding carboxylic acids is 2. The summed E-state index contributed by atoms with van der Waals surface area (Å²) >= 11 is 3.07. The lowest BCUT2D eigenvalue weighted by Gasteiger charge is -2.40. The van der Waals surface area contributed by atoms with Crippen molar-refractivity contribution in [1.29, 1.82) is 0 Å². The Morgan fingerprint density at radius 1 is 1.00 bits per heavy atom. The number of hydrogen-bond acceptors (Lipinski definition) is 6. The average Bonchev–Trinajstić information content (AvgIpc) is 2.76. The van der Waals surface area contributed by atoms with Crippen LogP contribution in [-0.2, 0) is 20.9 Å². The number of rotatable bonds is 6. The lowest BCUT2D eigenvalue weighted by molar-refractivity contribution is -0.146. The third-order valence-corrected chi connectivity index (χ3v) is 7.95. The van der Waals surface area contributed by atoms with Crippen molar-refractivity contribution in [2.75, 3.05) is 11.5 Å². The fourth-order valence-electron chi connectivity index (χ4n) is 3.24. The predicted molar refractivity (Wildman–Crippen MR) is 127 cm³/mol. The van der Waals surface area contributed by atoms with Crippen molar-refractivity contribution in [3.8, 4) is 0 Å². The predicted octanol–water partition coefficient (Wildman–Crippen LogP) is 5.56. The van der Waals surface area contributed by atoms with Crippen molar-refractivity contribution in [2.45, 2.75) is 49.5 Å². The highest BCUT2D eigenvalue weighted by molar-refractivity contribution is 8.20. The molecule has 166 valence electrons. The standard InChI is InChI=1S/C24H29NO4S2/c1-23(2,3)29-22(27)25-20(19-13-8-5-9-14-19)24(30-15-10-16-31-24)21(26)28-17-18-11-6-4-7-12-18/h4-9,11-14,20H,10,15-17H2,1-3H3,(H,25,27). The van der Waals surface area contributed by atoms with Crippen molar-refractivity contribution < 1.29 is 19.1 Å².